The number of ether oxygens (including phenoxy) is 2. The summed E-state index contributed by atoms with van der Waals surface area (Å²) in [5, 5.41) is 9.40. The zero-order chi connectivity index (χ0) is 20.0. The van der Waals surface area contributed by atoms with Gasteiger partial charge in [-0.05, 0) is 44.4 Å². The van der Waals surface area contributed by atoms with Gasteiger partial charge in [0.1, 0.15) is 0 Å². The molecule has 1 aromatic carbocycles. The Morgan fingerprint density at radius 1 is 1.24 bits per heavy atom. The van der Waals surface area contributed by atoms with E-state index in [-0.39, 0.29) is 29.9 Å². The maximum absolute atomic E-state index is 12.0. The van der Waals surface area contributed by atoms with E-state index in [0.717, 1.165) is 63.9 Å². The fourth-order valence-electron chi connectivity index (χ4n) is 2.93. The first-order chi connectivity index (χ1) is 13.7. The number of carbonyl (C=O) groups is 1. The Hall–Kier alpha value is -1.39. The molecular formula is C21H35IN4O3. The number of nitrogens with one attached hydrogen (secondary N) is 3. The molecule has 1 atom stereocenters. The van der Waals surface area contributed by atoms with Crippen LogP contribution in [0.5, 0.6) is 0 Å². The molecule has 8 heteroatoms. The third-order valence-corrected chi connectivity index (χ3v) is 4.43. The zero-order valence-electron chi connectivity index (χ0n) is 17.5. The largest absolute Gasteiger partial charge is 0.381 e. The van der Waals surface area contributed by atoms with E-state index in [2.05, 4.69) is 20.9 Å². The van der Waals surface area contributed by atoms with Gasteiger partial charge in [-0.25, -0.2) is 4.99 Å². The van der Waals surface area contributed by atoms with Gasteiger partial charge in [-0.15, -0.1) is 24.0 Å². The quantitative estimate of drug-likeness (QED) is 0.182. The Labute approximate surface area is 191 Å². The summed E-state index contributed by atoms with van der Waals surface area (Å²) >= 11 is 0. The monoisotopic (exact) mass is 518 g/mol. The minimum atomic E-state index is -0.0532. The summed E-state index contributed by atoms with van der Waals surface area (Å²) in [5.41, 5.74) is 1.67. The number of guanidine groups is 1. The first-order valence-corrected chi connectivity index (χ1v) is 10.3. The van der Waals surface area contributed by atoms with Gasteiger partial charge in [0, 0.05) is 44.3 Å². The molecular weight excluding hydrogens is 483 g/mol. The smallest absolute Gasteiger partial charge is 0.251 e. The second-order valence-electron chi connectivity index (χ2n) is 6.84. The lowest BCUT2D eigenvalue weighted by Gasteiger charge is -2.12. The van der Waals surface area contributed by atoms with E-state index < -0.39 is 0 Å². The summed E-state index contributed by atoms with van der Waals surface area (Å²) in [7, 11) is 0. The van der Waals surface area contributed by atoms with Crippen LogP contribution in [0, 0.1) is 5.92 Å². The van der Waals surface area contributed by atoms with E-state index in [0.29, 0.717) is 24.6 Å². The summed E-state index contributed by atoms with van der Waals surface area (Å²) in [4.78, 5) is 16.6. The van der Waals surface area contributed by atoms with Gasteiger partial charge >= 0.3 is 0 Å². The average molecular weight is 518 g/mol. The van der Waals surface area contributed by atoms with Crippen molar-refractivity contribution in [3.63, 3.8) is 0 Å². The van der Waals surface area contributed by atoms with Crippen LogP contribution in [0.15, 0.2) is 29.3 Å². The topological polar surface area (TPSA) is 84.0 Å². The molecule has 0 saturated carbocycles. The molecule has 0 bridgehead atoms. The summed E-state index contributed by atoms with van der Waals surface area (Å²) < 4.78 is 11.1. The van der Waals surface area contributed by atoms with Crippen LogP contribution in [0.1, 0.15) is 42.6 Å². The van der Waals surface area contributed by atoms with E-state index in [9.17, 15) is 4.79 Å². The molecule has 2 rings (SSSR count). The van der Waals surface area contributed by atoms with E-state index in [4.69, 9.17) is 9.47 Å². The highest BCUT2D eigenvalue weighted by Crippen LogP contribution is 2.12. The van der Waals surface area contributed by atoms with Crippen LogP contribution in [0.25, 0.3) is 0 Å². The summed E-state index contributed by atoms with van der Waals surface area (Å²) in [6.07, 6.45) is 2.03. The summed E-state index contributed by atoms with van der Waals surface area (Å²) in [5.74, 6) is 1.28. The van der Waals surface area contributed by atoms with Crippen molar-refractivity contribution in [1.29, 1.82) is 0 Å². The van der Waals surface area contributed by atoms with Crippen LogP contribution in [0.3, 0.4) is 0 Å². The molecule has 1 unspecified atom stereocenters. The highest BCUT2D eigenvalue weighted by Gasteiger charge is 2.15. The molecule has 1 aliphatic rings. The molecule has 1 amide bonds. The maximum Gasteiger partial charge on any atom is 0.251 e. The molecule has 164 valence electrons. The number of nitrogens with zero attached hydrogens (tertiary/aromatic N) is 1. The minimum absolute atomic E-state index is 0. The van der Waals surface area contributed by atoms with Gasteiger partial charge in [-0.2, -0.15) is 0 Å². The van der Waals surface area contributed by atoms with Gasteiger partial charge < -0.3 is 25.4 Å². The number of aliphatic imine (C=N–C) groups is 1. The Balaban J connectivity index is 0.00000420. The number of benzene rings is 1. The lowest BCUT2D eigenvalue weighted by Crippen LogP contribution is -2.38. The summed E-state index contributed by atoms with van der Waals surface area (Å²) in [6, 6.07) is 7.58. The van der Waals surface area contributed by atoms with Crippen LogP contribution in [-0.2, 0) is 16.0 Å². The van der Waals surface area contributed by atoms with Gasteiger partial charge in [-0.3, -0.25) is 4.79 Å². The van der Waals surface area contributed by atoms with E-state index in [1.165, 1.54) is 0 Å². The second kappa shape index (κ2) is 15.4. The lowest BCUT2D eigenvalue weighted by molar-refractivity contribution is 0.0888. The van der Waals surface area contributed by atoms with Crippen molar-refractivity contribution in [3.8, 4) is 0 Å². The van der Waals surface area contributed by atoms with Crippen LogP contribution in [-0.4, -0.2) is 57.9 Å². The molecule has 1 saturated heterocycles. The number of carbonyl (C=O) groups excluding carboxylic acids is 1. The van der Waals surface area contributed by atoms with Gasteiger partial charge in [0.25, 0.3) is 5.91 Å². The van der Waals surface area contributed by atoms with E-state index >= 15 is 0 Å². The molecule has 7 nitrogen and oxygen atoms in total. The highest BCUT2D eigenvalue weighted by molar-refractivity contribution is 14.0. The fourth-order valence-corrected chi connectivity index (χ4v) is 2.93. The molecule has 1 fully saturated rings. The molecule has 1 aliphatic heterocycles. The predicted octanol–water partition coefficient (Wildman–Crippen LogP) is 2.55. The Morgan fingerprint density at radius 2 is 2.07 bits per heavy atom. The number of halogens is 1. The number of amides is 1. The van der Waals surface area contributed by atoms with Gasteiger partial charge in [0.2, 0.25) is 0 Å². The second-order valence-corrected chi connectivity index (χ2v) is 6.84. The van der Waals surface area contributed by atoms with E-state index in [1.807, 2.05) is 38.1 Å². The number of rotatable bonds is 11. The third kappa shape index (κ3) is 10.3. The van der Waals surface area contributed by atoms with Crippen LogP contribution >= 0.6 is 24.0 Å². The van der Waals surface area contributed by atoms with Crippen LogP contribution in [0.2, 0.25) is 0 Å². The molecule has 29 heavy (non-hydrogen) atoms. The van der Waals surface area contributed by atoms with Crippen LogP contribution in [0.4, 0.5) is 0 Å². The molecule has 3 N–H and O–H groups in total. The third-order valence-electron chi connectivity index (χ3n) is 4.43. The Kier molecular flexibility index (Phi) is 13.7. The maximum atomic E-state index is 12.0. The molecule has 1 aromatic rings. The first kappa shape index (κ1) is 25.6. The molecule has 1 heterocycles. The van der Waals surface area contributed by atoms with Crippen LogP contribution < -0.4 is 16.0 Å². The first-order valence-electron chi connectivity index (χ1n) is 10.3. The lowest BCUT2D eigenvalue weighted by atomic mass is 10.1. The van der Waals surface area contributed by atoms with Gasteiger partial charge in [0.15, 0.2) is 5.96 Å². The number of hydrogen-bond donors (Lipinski definition) is 3. The van der Waals surface area contributed by atoms with Crippen molar-refractivity contribution in [2.45, 2.75) is 33.2 Å². The van der Waals surface area contributed by atoms with Crippen molar-refractivity contribution < 1.29 is 14.3 Å². The fraction of sp³-hybridized carbons (Fsp3) is 0.619. The molecule has 0 aliphatic carbocycles. The number of hydrogen-bond acceptors (Lipinski definition) is 4. The SMILES string of the molecule is CCNC(=O)c1cccc(CN=C(NCC)NCCCOCC2CCOC2)c1.I. The van der Waals surface area contributed by atoms with Gasteiger partial charge in [0.05, 0.1) is 19.8 Å². The van der Waals surface area contributed by atoms with Crippen molar-refractivity contribution in [2.24, 2.45) is 10.9 Å². The van der Waals surface area contributed by atoms with Crippen molar-refractivity contribution in [2.75, 3.05) is 46.1 Å². The van der Waals surface area contributed by atoms with Crippen molar-refractivity contribution in [3.05, 3.63) is 35.4 Å². The van der Waals surface area contributed by atoms with Gasteiger partial charge in [-0.1, -0.05) is 12.1 Å². The Morgan fingerprint density at radius 3 is 2.79 bits per heavy atom. The van der Waals surface area contributed by atoms with Crippen molar-refractivity contribution in [1.82, 2.24) is 16.0 Å². The Bertz CT molecular complexity index is 622. The minimum Gasteiger partial charge on any atom is -0.381 e. The highest BCUT2D eigenvalue weighted by atomic mass is 127. The molecule has 0 spiro atoms. The standard InChI is InChI=1S/C21H34N4O3.HI/c1-3-22-20(26)19-8-5-7-17(13-19)14-25-21(23-4-2)24-10-6-11-27-15-18-9-12-28-16-18;/h5,7-8,13,18H,3-4,6,9-12,14-16H2,1-2H3,(H,22,26)(H2,23,24,25);1H. The average Bonchev–Trinajstić information content (AvgIpc) is 3.22. The molecule has 0 aromatic heterocycles. The van der Waals surface area contributed by atoms with Crippen molar-refractivity contribution >= 4 is 35.8 Å². The van der Waals surface area contributed by atoms with E-state index in [1.54, 1.807) is 0 Å². The normalized spacial score (nSPS) is 16.2. The zero-order valence-corrected chi connectivity index (χ0v) is 19.9. The predicted molar refractivity (Wildman–Crippen MR) is 127 cm³/mol. The molecule has 0 radical (unpaired) electrons. The summed E-state index contributed by atoms with van der Waals surface area (Å²) in [6.45, 7) is 9.90.